The number of pyridine rings is 1. The highest BCUT2D eigenvalue weighted by Crippen LogP contribution is 2.33. The molecule has 2 heteroatoms. The quantitative estimate of drug-likeness (QED) is 0.321. The molecule has 0 atom stereocenters. The molecule has 0 aliphatic carbocycles. The van der Waals surface area contributed by atoms with Gasteiger partial charge in [-0.15, -0.1) is 0 Å². The molecule has 0 N–H and O–H groups in total. The molecule has 0 saturated heterocycles. The van der Waals surface area contributed by atoms with Crippen LogP contribution in [0.1, 0.15) is 0 Å². The molecule has 0 bridgehead atoms. The lowest BCUT2D eigenvalue weighted by Gasteiger charge is -2.10. The second-order valence-electron chi connectivity index (χ2n) is 7.34. The molecule has 0 unspecified atom stereocenters. The molecule has 0 aliphatic heterocycles. The Balaban J connectivity index is 1.59. The van der Waals surface area contributed by atoms with E-state index in [1.165, 1.54) is 27.4 Å². The Morgan fingerprint density at radius 2 is 1.24 bits per heavy atom. The largest absolute Gasteiger partial charge is 0.309 e. The monoisotopic (exact) mass is 370 g/mol. The van der Waals surface area contributed by atoms with E-state index >= 15 is 0 Å². The van der Waals surface area contributed by atoms with Crippen molar-refractivity contribution in [3.63, 3.8) is 0 Å². The van der Waals surface area contributed by atoms with Crippen LogP contribution in [0.15, 0.2) is 109 Å². The van der Waals surface area contributed by atoms with Crippen LogP contribution in [0.3, 0.4) is 0 Å². The van der Waals surface area contributed by atoms with E-state index in [4.69, 9.17) is 0 Å². The van der Waals surface area contributed by atoms with Crippen LogP contribution in [-0.4, -0.2) is 9.55 Å². The van der Waals surface area contributed by atoms with Gasteiger partial charge in [-0.1, -0.05) is 66.7 Å². The van der Waals surface area contributed by atoms with Crippen LogP contribution in [0.5, 0.6) is 0 Å². The molecule has 6 rings (SSSR count). The maximum Gasteiger partial charge on any atom is 0.0702 e. The fourth-order valence-electron chi connectivity index (χ4n) is 4.25. The molecule has 2 heterocycles. The lowest BCUT2D eigenvalue weighted by Crippen LogP contribution is -1.94. The van der Waals surface area contributed by atoms with E-state index in [1.807, 2.05) is 18.3 Å². The topological polar surface area (TPSA) is 17.8 Å². The Morgan fingerprint density at radius 3 is 2.03 bits per heavy atom. The van der Waals surface area contributed by atoms with E-state index < -0.39 is 0 Å². The summed E-state index contributed by atoms with van der Waals surface area (Å²) in [5, 5.41) is 3.72. The van der Waals surface area contributed by atoms with Gasteiger partial charge in [0.15, 0.2) is 0 Å². The molecule has 0 aliphatic rings. The lowest BCUT2D eigenvalue weighted by molar-refractivity contribution is 1.18. The van der Waals surface area contributed by atoms with Gasteiger partial charge in [-0.3, -0.25) is 4.98 Å². The van der Waals surface area contributed by atoms with Gasteiger partial charge in [0, 0.05) is 33.6 Å². The van der Waals surface area contributed by atoms with Gasteiger partial charge in [0.1, 0.15) is 0 Å². The highest BCUT2D eigenvalue weighted by molar-refractivity contribution is 6.09. The van der Waals surface area contributed by atoms with Crippen LogP contribution in [0.25, 0.3) is 49.5 Å². The average molecular weight is 370 g/mol. The van der Waals surface area contributed by atoms with Crippen LogP contribution in [0.2, 0.25) is 0 Å². The first-order chi connectivity index (χ1) is 14.4. The molecule has 2 nitrogen and oxygen atoms in total. The van der Waals surface area contributed by atoms with Crippen molar-refractivity contribution in [1.82, 2.24) is 9.55 Å². The van der Waals surface area contributed by atoms with E-state index in [1.54, 1.807) is 0 Å². The predicted molar refractivity (Wildman–Crippen MR) is 122 cm³/mol. The number of fused-ring (bicyclic) bond motifs is 4. The van der Waals surface area contributed by atoms with Crippen molar-refractivity contribution in [1.29, 1.82) is 0 Å². The number of nitrogens with zero attached hydrogens (tertiary/aromatic N) is 2. The number of benzene rings is 4. The SMILES string of the molecule is c1cc(-c2cnc3ccccc3c2)cc(-n2c3ccccc3c3ccccc32)c1. The molecule has 0 radical (unpaired) electrons. The summed E-state index contributed by atoms with van der Waals surface area (Å²) in [5.41, 5.74) is 6.93. The maximum absolute atomic E-state index is 4.64. The number of rotatable bonds is 2. The molecule has 29 heavy (non-hydrogen) atoms. The summed E-state index contributed by atoms with van der Waals surface area (Å²) in [4.78, 5) is 4.64. The molecular formula is C27H18N2. The lowest BCUT2D eigenvalue weighted by atomic mass is 10.0. The fraction of sp³-hybridized carbons (Fsp3) is 0. The van der Waals surface area contributed by atoms with Crippen molar-refractivity contribution >= 4 is 32.7 Å². The van der Waals surface area contributed by atoms with Crippen molar-refractivity contribution < 1.29 is 0 Å². The van der Waals surface area contributed by atoms with Crippen LogP contribution in [-0.2, 0) is 0 Å². The Hall–Kier alpha value is -3.91. The Morgan fingerprint density at radius 1 is 0.552 bits per heavy atom. The predicted octanol–water partition coefficient (Wildman–Crippen LogP) is 7.00. The highest BCUT2D eigenvalue weighted by atomic mass is 15.0. The first-order valence-corrected chi connectivity index (χ1v) is 9.82. The Bertz CT molecular complexity index is 1450. The standard InChI is InChI=1S/C27H18N2/c1-4-13-25-20(8-1)16-21(18-28-25)19-9-7-10-22(17-19)29-26-14-5-2-11-23(26)24-12-3-6-15-27(24)29/h1-18H. The zero-order valence-electron chi connectivity index (χ0n) is 15.8. The summed E-state index contributed by atoms with van der Waals surface area (Å²) in [6.07, 6.45) is 1.97. The fourth-order valence-corrected chi connectivity index (χ4v) is 4.25. The Kier molecular flexibility index (Phi) is 3.50. The summed E-state index contributed by atoms with van der Waals surface area (Å²) in [6, 6.07) is 36.4. The van der Waals surface area contributed by atoms with Crippen molar-refractivity contribution in [2.45, 2.75) is 0 Å². The molecule has 0 saturated carbocycles. The molecule has 0 spiro atoms. The number of hydrogen-bond donors (Lipinski definition) is 0. The first-order valence-electron chi connectivity index (χ1n) is 9.82. The summed E-state index contributed by atoms with van der Waals surface area (Å²) in [6.45, 7) is 0. The molecule has 2 aromatic heterocycles. The molecule has 136 valence electrons. The van der Waals surface area contributed by atoms with Gasteiger partial charge in [0.05, 0.1) is 16.6 Å². The highest BCUT2D eigenvalue weighted by Gasteiger charge is 2.12. The summed E-state index contributed by atoms with van der Waals surface area (Å²) in [5.74, 6) is 0. The Labute approximate surface area is 168 Å². The van der Waals surface area contributed by atoms with Crippen LogP contribution in [0.4, 0.5) is 0 Å². The van der Waals surface area contributed by atoms with Crippen LogP contribution >= 0.6 is 0 Å². The van der Waals surface area contributed by atoms with Gasteiger partial charge in [-0.2, -0.15) is 0 Å². The minimum atomic E-state index is 1.02. The number of hydrogen-bond acceptors (Lipinski definition) is 1. The zero-order valence-corrected chi connectivity index (χ0v) is 15.8. The van der Waals surface area contributed by atoms with Gasteiger partial charge in [-0.25, -0.2) is 0 Å². The summed E-state index contributed by atoms with van der Waals surface area (Å²) in [7, 11) is 0. The number of aromatic nitrogens is 2. The van der Waals surface area contributed by atoms with Crippen LogP contribution in [0, 0.1) is 0 Å². The number of para-hydroxylation sites is 3. The van der Waals surface area contributed by atoms with Crippen LogP contribution < -0.4 is 0 Å². The third-order valence-electron chi connectivity index (χ3n) is 5.61. The van der Waals surface area contributed by atoms with Gasteiger partial charge in [0.2, 0.25) is 0 Å². The molecular weight excluding hydrogens is 352 g/mol. The van der Waals surface area contributed by atoms with Crippen molar-refractivity contribution in [2.75, 3.05) is 0 Å². The van der Waals surface area contributed by atoms with Gasteiger partial charge in [0.25, 0.3) is 0 Å². The van der Waals surface area contributed by atoms with Crippen molar-refractivity contribution in [2.24, 2.45) is 0 Å². The van der Waals surface area contributed by atoms with Gasteiger partial charge < -0.3 is 4.57 Å². The average Bonchev–Trinajstić information content (AvgIpc) is 3.13. The minimum Gasteiger partial charge on any atom is -0.309 e. The minimum absolute atomic E-state index is 1.02. The molecule has 6 aromatic rings. The van der Waals surface area contributed by atoms with E-state index in [2.05, 4.69) is 101 Å². The van der Waals surface area contributed by atoms with E-state index in [0.717, 1.165) is 22.2 Å². The maximum atomic E-state index is 4.64. The van der Waals surface area contributed by atoms with Gasteiger partial charge in [-0.05, 0) is 42.0 Å². The second kappa shape index (κ2) is 6.32. The molecule has 4 aromatic carbocycles. The third kappa shape index (κ3) is 2.54. The van der Waals surface area contributed by atoms with E-state index in [9.17, 15) is 0 Å². The first kappa shape index (κ1) is 16.1. The van der Waals surface area contributed by atoms with Gasteiger partial charge >= 0.3 is 0 Å². The van der Waals surface area contributed by atoms with E-state index in [0.29, 0.717) is 0 Å². The van der Waals surface area contributed by atoms with E-state index in [-0.39, 0.29) is 0 Å². The van der Waals surface area contributed by atoms with Crippen molar-refractivity contribution in [3.8, 4) is 16.8 Å². The third-order valence-corrected chi connectivity index (χ3v) is 5.61. The molecule has 0 fully saturated rings. The summed E-state index contributed by atoms with van der Waals surface area (Å²) < 4.78 is 2.35. The second-order valence-corrected chi connectivity index (χ2v) is 7.34. The smallest absolute Gasteiger partial charge is 0.0702 e. The normalized spacial score (nSPS) is 11.4. The summed E-state index contributed by atoms with van der Waals surface area (Å²) >= 11 is 0. The zero-order chi connectivity index (χ0) is 19.2. The molecule has 0 amide bonds. The van der Waals surface area contributed by atoms with Crippen molar-refractivity contribution in [3.05, 3.63) is 109 Å².